The Morgan fingerprint density at radius 1 is 1.12 bits per heavy atom. The van der Waals surface area contributed by atoms with Crippen LogP contribution in [0.2, 0.25) is 0 Å². The van der Waals surface area contributed by atoms with E-state index in [2.05, 4.69) is 0 Å². The van der Waals surface area contributed by atoms with E-state index < -0.39 is 19.2 Å². The van der Waals surface area contributed by atoms with Crippen LogP contribution in [0.25, 0.3) is 0 Å². The summed E-state index contributed by atoms with van der Waals surface area (Å²) in [6.45, 7) is 3.87. The summed E-state index contributed by atoms with van der Waals surface area (Å²) in [5.41, 5.74) is 2.63. The van der Waals surface area contributed by atoms with E-state index in [9.17, 15) is 9.36 Å². The fourth-order valence-electron chi connectivity index (χ4n) is 2.70. The molecule has 0 heterocycles. The highest BCUT2D eigenvalue weighted by Gasteiger charge is 2.36. The molecule has 2 N–H and O–H groups in total. The summed E-state index contributed by atoms with van der Waals surface area (Å²) in [5.74, 6) is -0.574. The van der Waals surface area contributed by atoms with Crippen molar-refractivity contribution in [3.8, 4) is 0 Å². The van der Waals surface area contributed by atoms with E-state index >= 15 is 0 Å². The Balaban J connectivity index is 2.47. The van der Waals surface area contributed by atoms with Crippen LogP contribution in [0.3, 0.4) is 0 Å². The van der Waals surface area contributed by atoms with Crippen molar-refractivity contribution < 1.29 is 14.6 Å². The SMILES string of the molecule is CCP(=O)(c1ccccc1)N(Cc1ccccc1)[C@H](C)C(=O)NO. The second-order valence-corrected chi connectivity index (χ2v) is 8.65. The summed E-state index contributed by atoms with van der Waals surface area (Å²) >= 11 is 0. The summed E-state index contributed by atoms with van der Waals surface area (Å²) in [6.07, 6.45) is 0.396. The number of hydroxylamine groups is 1. The average molecular weight is 346 g/mol. The van der Waals surface area contributed by atoms with Gasteiger partial charge in [-0.2, -0.15) is 0 Å². The fraction of sp³-hybridized carbons (Fsp3) is 0.278. The lowest BCUT2D eigenvalue weighted by molar-refractivity contribution is -0.132. The molecule has 24 heavy (non-hydrogen) atoms. The van der Waals surface area contributed by atoms with E-state index in [1.807, 2.05) is 67.6 Å². The first kappa shape index (κ1) is 18.4. The number of rotatable bonds is 7. The summed E-state index contributed by atoms with van der Waals surface area (Å²) in [6, 6.07) is 18.1. The van der Waals surface area contributed by atoms with E-state index in [0.717, 1.165) is 5.56 Å². The minimum absolute atomic E-state index is 0.357. The van der Waals surface area contributed by atoms with Crippen LogP contribution in [0.15, 0.2) is 60.7 Å². The lowest BCUT2D eigenvalue weighted by atomic mass is 10.2. The van der Waals surface area contributed by atoms with Crippen molar-refractivity contribution in [3.05, 3.63) is 66.2 Å². The molecule has 0 bridgehead atoms. The van der Waals surface area contributed by atoms with Crippen LogP contribution in [-0.2, 0) is 15.9 Å². The van der Waals surface area contributed by atoms with Gasteiger partial charge in [-0.15, -0.1) is 0 Å². The number of nitrogens with zero attached hydrogens (tertiary/aromatic N) is 1. The van der Waals surface area contributed by atoms with Crippen LogP contribution >= 0.6 is 7.29 Å². The fourth-order valence-corrected chi connectivity index (χ4v) is 5.42. The second kappa shape index (κ2) is 8.25. The Hall–Kier alpha value is -1.94. The lowest BCUT2D eigenvalue weighted by Crippen LogP contribution is -2.44. The third-order valence-corrected chi connectivity index (χ3v) is 7.41. The predicted molar refractivity (Wildman–Crippen MR) is 95.6 cm³/mol. The molecule has 2 atom stereocenters. The maximum absolute atomic E-state index is 13.8. The maximum Gasteiger partial charge on any atom is 0.260 e. The zero-order chi connectivity index (χ0) is 17.6. The highest BCUT2D eigenvalue weighted by molar-refractivity contribution is 7.69. The summed E-state index contributed by atoms with van der Waals surface area (Å²) in [5, 5.41) is 9.72. The second-order valence-electron chi connectivity index (χ2n) is 5.59. The van der Waals surface area contributed by atoms with Gasteiger partial charge in [0.1, 0.15) is 0 Å². The number of benzene rings is 2. The van der Waals surface area contributed by atoms with Gasteiger partial charge in [-0.3, -0.25) is 10.0 Å². The summed E-state index contributed by atoms with van der Waals surface area (Å²) < 4.78 is 15.5. The number of nitrogens with one attached hydrogen (secondary N) is 1. The van der Waals surface area contributed by atoms with Crippen molar-refractivity contribution in [2.45, 2.75) is 26.4 Å². The maximum atomic E-state index is 13.8. The molecule has 0 radical (unpaired) electrons. The quantitative estimate of drug-likeness (QED) is 0.459. The largest absolute Gasteiger partial charge is 0.301 e. The first-order valence-electron chi connectivity index (χ1n) is 7.92. The third kappa shape index (κ3) is 3.93. The van der Waals surface area contributed by atoms with Crippen LogP contribution in [0.1, 0.15) is 19.4 Å². The van der Waals surface area contributed by atoms with Crippen LogP contribution in [0.4, 0.5) is 0 Å². The van der Waals surface area contributed by atoms with E-state index in [1.165, 1.54) is 0 Å². The van der Waals surface area contributed by atoms with Gasteiger partial charge in [0, 0.05) is 18.0 Å². The van der Waals surface area contributed by atoms with Crippen molar-refractivity contribution in [1.29, 1.82) is 0 Å². The average Bonchev–Trinajstić information content (AvgIpc) is 2.65. The molecule has 0 aliphatic heterocycles. The number of amides is 1. The molecule has 2 aromatic carbocycles. The van der Waals surface area contributed by atoms with Crippen LogP contribution in [0.5, 0.6) is 0 Å². The molecule has 0 aliphatic carbocycles. The van der Waals surface area contributed by atoms with Gasteiger partial charge < -0.3 is 4.57 Å². The van der Waals surface area contributed by atoms with Gasteiger partial charge in [-0.05, 0) is 12.5 Å². The van der Waals surface area contributed by atoms with Crippen molar-refractivity contribution >= 4 is 18.5 Å². The minimum Gasteiger partial charge on any atom is -0.301 e. The Kier molecular flexibility index (Phi) is 6.32. The molecule has 2 aromatic rings. The molecule has 0 aliphatic rings. The van der Waals surface area contributed by atoms with Crippen LogP contribution in [-0.4, -0.2) is 28.0 Å². The summed E-state index contributed by atoms with van der Waals surface area (Å²) in [4.78, 5) is 12.0. The molecule has 0 aromatic heterocycles. The molecule has 6 heteroatoms. The highest BCUT2D eigenvalue weighted by Crippen LogP contribution is 2.50. The van der Waals surface area contributed by atoms with E-state index in [0.29, 0.717) is 18.0 Å². The van der Waals surface area contributed by atoms with E-state index in [1.54, 1.807) is 17.1 Å². The molecule has 1 unspecified atom stereocenters. The number of hydrogen-bond acceptors (Lipinski definition) is 3. The van der Waals surface area contributed by atoms with Crippen LogP contribution < -0.4 is 10.8 Å². The Bertz CT molecular complexity index is 707. The molecule has 0 fully saturated rings. The minimum atomic E-state index is -2.99. The molecule has 5 nitrogen and oxygen atoms in total. The molecule has 1 amide bonds. The molecule has 0 saturated heterocycles. The standard InChI is InChI=1S/C18H23N2O3P/c1-3-24(23,17-12-8-5-9-13-17)20(15(2)18(21)19-22)14-16-10-6-4-7-11-16/h4-13,15,22H,3,14H2,1-2H3,(H,19,21)/t15-,24?/m1/s1. The van der Waals surface area contributed by atoms with Crippen molar-refractivity contribution in [3.63, 3.8) is 0 Å². The van der Waals surface area contributed by atoms with E-state index in [-0.39, 0.29) is 0 Å². The van der Waals surface area contributed by atoms with Gasteiger partial charge in [-0.25, -0.2) is 10.2 Å². The number of hydrogen-bond donors (Lipinski definition) is 2. The highest BCUT2D eigenvalue weighted by atomic mass is 31.2. The Labute approximate surface area is 142 Å². The molecule has 0 saturated carbocycles. The van der Waals surface area contributed by atoms with Gasteiger partial charge in [0.2, 0.25) is 0 Å². The first-order chi connectivity index (χ1) is 11.5. The van der Waals surface area contributed by atoms with Gasteiger partial charge in [0.05, 0.1) is 6.04 Å². The van der Waals surface area contributed by atoms with Crippen molar-refractivity contribution in [2.24, 2.45) is 0 Å². The van der Waals surface area contributed by atoms with Crippen molar-refractivity contribution in [1.82, 2.24) is 10.2 Å². The molecular formula is C18H23N2O3P. The molecule has 0 spiro atoms. The van der Waals surface area contributed by atoms with Crippen LogP contribution in [0, 0.1) is 0 Å². The topological polar surface area (TPSA) is 69.6 Å². The first-order valence-corrected chi connectivity index (χ1v) is 9.77. The third-order valence-electron chi connectivity index (χ3n) is 4.13. The molecular weight excluding hydrogens is 323 g/mol. The Morgan fingerprint density at radius 2 is 1.67 bits per heavy atom. The monoisotopic (exact) mass is 346 g/mol. The smallest absolute Gasteiger partial charge is 0.260 e. The normalized spacial score (nSPS) is 14.8. The lowest BCUT2D eigenvalue weighted by Gasteiger charge is -2.35. The zero-order valence-electron chi connectivity index (χ0n) is 13.9. The van der Waals surface area contributed by atoms with E-state index in [4.69, 9.17) is 5.21 Å². The number of carbonyl (C=O) groups excluding carboxylic acids is 1. The van der Waals surface area contributed by atoms with Gasteiger partial charge in [-0.1, -0.05) is 67.6 Å². The van der Waals surface area contributed by atoms with Gasteiger partial charge in [0.25, 0.3) is 5.91 Å². The van der Waals surface area contributed by atoms with Gasteiger partial charge in [0.15, 0.2) is 7.29 Å². The number of carbonyl (C=O) groups is 1. The predicted octanol–water partition coefficient (Wildman–Crippen LogP) is 3.01. The summed E-state index contributed by atoms with van der Waals surface area (Å²) in [7, 11) is -2.99. The zero-order valence-corrected chi connectivity index (χ0v) is 14.8. The Morgan fingerprint density at radius 3 is 2.17 bits per heavy atom. The van der Waals surface area contributed by atoms with Gasteiger partial charge >= 0.3 is 0 Å². The molecule has 2 rings (SSSR count). The van der Waals surface area contributed by atoms with Crippen molar-refractivity contribution in [2.75, 3.05) is 6.16 Å². The molecule has 128 valence electrons.